The van der Waals surface area contributed by atoms with Crippen LogP contribution in [0.15, 0.2) is 18.2 Å². The number of anilines is 1. The quantitative estimate of drug-likeness (QED) is 0.738. The predicted octanol–water partition coefficient (Wildman–Crippen LogP) is 4.47. The Balaban J connectivity index is 2.78. The number of hydrogen-bond acceptors (Lipinski definition) is 1. The van der Waals surface area contributed by atoms with Crippen molar-refractivity contribution in [3.63, 3.8) is 0 Å². The first-order valence-corrected chi connectivity index (χ1v) is 5.87. The molecule has 0 radical (unpaired) electrons. The smallest absolute Gasteiger partial charge is 0.374 e. The lowest BCUT2D eigenvalue weighted by Crippen LogP contribution is -2.24. The summed E-state index contributed by atoms with van der Waals surface area (Å²) in [5.41, 5.74) is 1.40. The van der Waals surface area contributed by atoms with Gasteiger partial charge in [-0.15, -0.1) is 11.6 Å². The van der Waals surface area contributed by atoms with Gasteiger partial charge in [0, 0.05) is 30.2 Å². The van der Waals surface area contributed by atoms with Crippen molar-refractivity contribution in [1.29, 1.82) is 0 Å². The van der Waals surface area contributed by atoms with Crippen molar-refractivity contribution in [1.82, 2.24) is 0 Å². The summed E-state index contributed by atoms with van der Waals surface area (Å²) in [4.78, 5) is 1.53. The molecule has 0 bridgehead atoms. The molecule has 0 heterocycles. The van der Waals surface area contributed by atoms with E-state index in [4.69, 9.17) is 23.2 Å². The second-order valence-corrected chi connectivity index (χ2v) is 4.40. The molecule has 0 aliphatic rings. The molecule has 1 nitrogen and oxygen atoms in total. The molecule has 96 valence electrons. The van der Waals surface area contributed by atoms with Crippen molar-refractivity contribution in [2.75, 3.05) is 18.5 Å². The Morgan fingerprint density at radius 2 is 1.94 bits per heavy atom. The fourth-order valence-electron chi connectivity index (χ4n) is 1.45. The molecule has 0 amide bonds. The highest BCUT2D eigenvalue weighted by molar-refractivity contribution is 6.30. The van der Waals surface area contributed by atoms with E-state index >= 15 is 0 Å². The number of rotatable bonds is 4. The molecule has 0 fully saturated rings. The summed E-state index contributed by atoms with van der Waals surface area (Å²) in [5.74, 6) is 0.215. The van der Waals surface area contributed by atoms with E-state index in [0.29, 0.717) is 10.7 Å². The molecule has 6 heteroatoms. The van der Waals surface area contributed by atoms with E-state index in [1.165, 1.54) is 4.90 Å². The van der Waals surface area contributed by atoms with E-state index in [0.717, 1.165) is 5.56 Å². The Morgan fingerprint density at radius 3 is 2.47 bits per heavy atom. The van der Waals surface area contributed by atoms with Gasteiger partial charge >= 0.3 is 6.18 Å². The summed E-state index contributed by atoms with van der Waals surface area (Å²) in [5, 5.41) is 0.522. The predicted molar refractivity (Wildman–Crippen MR) is 65.0 cm³/mol. The second-order valence-electron chi connectivity index (χ2n) is 3.69. The van der Waals surface area contributed by atoms with Gasteiger partial charge in [0.1, 0.15) is 0 Å². The van der Waals surface area contributed by atoms with Crippen LogP contribution in [-0.2, 0) is 5.88 Å². The van der Waals surface area contributed by atoms with Gasteiger partial charge in [-0.1, -0.05) is 11.6 Å². The van der Waals surface area contributed by atoms with Gasteiger partial charge in [-0.3, -0.25) is 0 Å². The summed E-state index contributed by atoms with van der Waals surface area (Å²) in [6.45, 7) is -0.102. The van der Waals surface area contributed by atoms with E-state index in [1.54, 1.807) is 25.2 Å². The normalized spacial score (nSPS) is 11.6. The number of alkyl halides is 4. The van der Waals surface area contributed by atoms with Gasteiger partial charge in [0.05, 0.1) is 6.42 Å². The van der Waals surface area contributed by atoms with E-state index in [1.807, 2.05) is 0 Å². The van der Waals surface area contributed by atoms with Crippen molar-refractivity contribution in [3.8, 4) is 0 Å². The van der Waals surface area contributed by atoms with E-state index in [2.05, 4.69) is 0 Å². The van der Waals surface area contributed by atoms with Crippen LogP contribution in [0.25, 0.3) is 0 Å². The molecule has 0 N–H and O–H groups in total. The summed E-state index contributed by atoms with van der Waals surface area (Å²) in [6, 6.07) is 4.97. The van der Waals surface area contributed by atoms with E-state index in [-0.39, 0.29) is 12.4 Å². The summed E-state index contributed by atoms with van der Waals surface area (Å²) in [7, 11) is 1.60. The van der Waals surface area contributed by atoms with Crippen LogP contribution in [0.5, 0.6) is 0 Å². The van der Waals surface area contributed by atoms with Crippen LogP contribution >= 0.6 is 23.2 Å². The van der Waals surface area contributed by atoms with Gasteiger partial charge in [0.25, 0.3) is 0 Å². The Labute approximate surface area is 108 Å². The Morgan fingerprint density at radius 1 is 1.29 bits per heavy atom. The van der Waals surface area contributed by atoms with Gasteiger partial charge in [0.15, 0.2) is 0 Å². The third-order valence-corrected chi connectivity index (χ3v) is 2.85. The van der Waals surface area contributed by atoms with Crippen LogP contribution < -0.4 is 4.90 Å². The topological polar surface area (TPSA) is 3.24 Å². The Hall–Kier alpha value is -0.610. The van der Waals surface area contributed by atoms with Crippen LogP contribution in [0.2, 0.25) is 5.02 Å². The Kier molecular flexibility index (Phi) is 4.95. The minimum atomic E-state index is -4.15. The first-order valence-electron chi connectivity index (χ1n) is 4.96. The molecule has 0 aliphatic carbocycles. The minimum absolute atomic E-state index is 0.102. The Bertz CT molecular complexity index is 379. The van der Waals surface area contributed by atoms with Crippen LogP contribution in [0.1, 0.15) is 12.0 Å². The summed E-state index contributed by atoms with van der Waals surface area (Å²) in [6.07, 6.45) is -5.00. The number of nitrogens with zero attached hydrogens (tertiary/aromatic N) is 1. The van der Waals surface area contributed by atoms with E-state index < -0.39 is 12.6 Å². The molecule has 0 aliphatic heterocycles. The number of halogens is 5. The van der Waals surface area contributed by atoms with Crippen LogP contribution in [0, 0.1) is 0 Å². The lowest BCUT2D eigenvalue weighted by Gasteiger charge is -2.22. The number of hydrogen-bond donors (Lipinski definition) is 0. The second kappa shape index (κ2) is 5.83. The third kappa shape index (κ3) is 4.64. The SMILES string of the molecule is CN(CCC(F)(F)F)c1ccc(Cl)cc1CCl. The van der Waals surface area contributed by atoms with Gasteiger partial charge in [-0.2, -0.15) is 13.2 Å². The molecule has 0 saturated carbocycles. The fraction of sp³-hybridized carbons (Fsp3) is 0.455. The first kappa shape index (κ1) is 14.5. The molecule has 0 atom stereocenters. The minimum Gasteiger partial charge on any atom is -0.374 e. The summed E-state index contributed by atoms with van der Waals surface area (Å²) < 4.78 is 36.3. The average molecular weight is 286 g/mol. The van der Waals surface area contributed by atoms with Crippen molar-refractivity contribution in [2.24, 2.45) is 0 Å². The molecule has 1 aromatic rings. The molecule has 0 spiro atoms. The van der Waals surface area contributed by atoms with Crippen LogP contribution in [0.3, 0.4) is 0 Å². The van der Waals surface area contributed by atoms with Crippen LogP contribution in [0.4, 0.5) is 18.9 Å². The fourth-order valence-corrected chi connectivity index (χ4v) is 1.86. The maximum absolute atomic E-state index is 12.1. The standard InChI is InChI=1S/C11H12Cl2F3N/c1-17(5-4-11(14,15)16)10-3-2-9(13)6-8(10)7-12/h2-3,6H,4-5,7H2,1H3. The molecule has 0 aromatic heterocycles. The highest BCUT2D eigenvalue weighted by Gasteiger charge is 2.27. The zero-order valence-corrected chi connectivity index (χ0v) is 10.7. The third-order valence-electron chi connectivity index (χ3n) is 2.33. The highest BCUT2D eigenvalue weighted by Crippen LogP contribution is 2.27. The molecule has 0 unspecified atom stereocenters. The molecular weight excluding hydrogens is 274 g/mol. The lowest BCUT2D eigenvalue weighted by atomic mass is 10.2. The molecule has 1 aromatic carbocycles. The zero-order valence-electron chi connectivity index (χ0n) is 9.19. The lowest BCUT2D eigenvalue weighted by molar-refractivity contribution is -0.132. The van der Waals surface area contributed by atoms with Gasteiger partial charge < -0.3 is 4.90 Å². The van der Waals surface area contributed by atoms with Crippen molar-refractivity contribution in [2.45, 2.75) is 18.5 Å². The molecular formula is C11H12Cl2F3N. The molecule has 17 heavy (non-hydrogen) atoms. The van der Waals surface area contributed by atoms with Crippen molar-refractivity contribution in [3.05, 3.63) is 28.8 Å². The van der Waals surface area contributed by atoms with Crippen LogP contribution in [-0.4, -0.2) is 19.8 Å². The first-order chi connectivity index (χ1) is 7.83. The van der Waals surface area contributed by atoms with Crippen molar-refractivity contribution >= 4 is 28.9 Å². The largest absolute Gasteiger partial charge is 0.390 e. The molecule has 1 rings (SSSR count). The maximum Gasteiger partial charge on any atom is 0.390 e. The van der Waals surface area contributed by atoms with Gasteiger partial charge in [-0.05, 0) is 23.8 Å². The highest BCUT2D eigenvalue weighted by atomic mass is 35.5. The molecule has 0 saturated heterocycles. The monoisotopic (exact) mass is 285 g/mol. The van der Waals surface area contributed by atoms with E-state index in [9.17, 15) is 13.2 Å². The maximum atomic E-state index is 12.1. The summed E-state index contributed by atoms with van der Waals surface area (Å²) >= 11 is 11.5. The van der Waals surface area contributed by atoms with Gasteiger partial charge in [-0.25, -0.2) is 0 Å². The average Bonchev–Trinajstić information content (AvgIpc) is 2.24. The van der Waals surface area contributed by atoms with Crippen molar-refractivity contribution < 1.29 is 13.2 Å². The number of benzene rings is 1. The van der Waals surface area contributed by atoms with Gasteiger partial charge in [0.2, 0.25) is 0 Å². The zero-order chi connectivity index (χ0) is 13.1.